The van der Waals surface area contributed by atoms with Crippen molar-refractivity contribution in [3.8, 4) is 0 Å². The Kier molecular flexibility index (Phi) is 26.4. The first kappa shape index (κ1) is 65.0. The summed E-state index contributed by atoms with van der Waals surface area (Å²) in [7, 11) is -15.0. The summed E-state index contributed by atoms with van der Waals surface area (Å²) in [6.45, 7) is 31.3. The molecule has 0 heterocycles. The molecule has 0 saturated carbocycles. The fourth-order valence-corrected chi connectivity index (χ4v) is 40.9. The molecule has 74 heavy (non-hydrogen) atoms. The second-order valence-electron chi connectivity index (χ2n) is 22.0. The van der Waals surface area contributed by atoms with Gasteiger partial charge in [-0.25, -0.2) is 0 Å². The molecule has 2 unspecified atom stereocenters. The van der Waals surface area contributed by atoms with Crippen molar-refractivity contribution in [2.24, 2.45) is 22.9 Å². The summed E-state index contributed by atoms with van der Waals surface area (Å²) in [5.41, 5.74) is 24.0. The zero-order chi connectivity index (χ0) is 55.2. The van der Waals surface area contributed by atoms with Crippen molar-refractivity contribution in [2.75, 3.05) is 24.7 Å². The lowest BCUT2D eigenvalue weighted by atomic mass is 10.4. The van der Waals surface area contributed by atoms with Gasteiger partial charge in [-0.2, -0.15) is 0 Å². The Balaban J connectivity index is 0.000000289. The highest BCUT2D eigenvalue weighted by Crippen LogP contribution is 2.22. The largest absolute Gasteiger partial charge is 0.455 e. The van der Waals surface area contributed by atoms with Gasteiger partial charge < -0.3 is 39.4 Å². The molecule has 0 amide bonds. The van der Waals surface area contributed by atoms with Gasteiger partial charge in [0.15, 0.2) is 33.3 Å². The van der Waals surface area contributed by atoms with E-state index in [1.807, 2.05) is 6.07 Å². The Labute approximate surface area is 458 Å². The van der Waals surface area contributed by atoms with Crippen molar-refractivity contribution >= 4 is 97.7 Å². The Hall–Kier alpha value is -3.26. The Morgan fingerprint density at radius 2 is 0.527 bits per heavy atom. The molecule has 8 N–H and O–H groups in total. The van der Waals surface area contributed by atoms with Crippen LogP contribution in [0.1, 0.15) is 27.7 Å². The first-order chi connectivity index (χ1) is 34.9. The van der Waals surface area contributed by atoms with Crippen LogP contribution in [0, 0.1) is 0 Å². The smallest absolute Gasteiger partial charge is 0.259 e. The molecule has 6 aromatic carbocycles. The predicted octanol–water partition coefficient (Wildman–Crippen LogP) is 9.39. The van der Waals surface area contributed by atoms with Crippen LogP contribution < -0.4 is 54.1 Å². The molecule has 0 fully saturated rings. The molecule has 16 heteroatoms. The summed E-state index contributed by atoms with van der Waals surface area (Å²) in [6, 6.07) is 68.4. The highest BCUT2D eigenvalue weighted by atomic mass is 28.4. The number of benzene rings is 6. The number of nitrogens with two attached hydrogens (primary N) is 4. The summed E-state index contributed by atoms with van der Waals surface area (Å²) in [4.78, 5) is 0. The molecular weight excluding hydrogens is 1040 g/mol. The van der Waals surface area contributed by atoms with E-state index < -0.39 is 66.5 Å². The molecule has 0 aliphatic rings. The van der Waals surface area contributed by atoms with Gasteiger partial charge in [0.05, 0.1) is 0 Å². The van der Waals surface area contributed by atoms with Gasteiger partial charge in [-0.05, 0) is 121 Å². The van der Waals surface area contributed by atoms with Crippen LogP contribution in [0.4, 0.5) is 0 Å². The van der Waals surface area contributed by atoms with E-state index in [-0.39, 0.29) is 0 Å². The van der Waals surface area contributed by atoms with Gasteiger partial charge in [0.25, 0.3) is 8.32 Å². The van der Waals surface area contributed by atoms with Crippen LogP contribution in [0.25, 0.3) is 0 Å². The average molecular weight is 1140 g/mol. The molecule has 6 rings (SSSR count). The van der Waals surface area contributed by atoms with Crippen molar-refractivity contribution in [3.05, 3.63) is 182 Å². The van der Waals surface area contributed by atoms with Crippen LogP contribution in [0.2, 0.25) is 89.6 Å². The van der Waals surface area contributed by atoms with Gasteiger partial charge >= 0.3 is 0 Å². The van der Waals surface area contributed by atoms with Gasteiger partial charge in [-0.1, -0.05) is 210 Å². The molecule has 404 valence electrons. The first-order valence-corrected chi connectivity index (χ1v) is 48.8. The van der Waals surface area contributed by atoms with Crippen molar-refractivity contribution in [2.45, 2.75) is 117 Å². The van der Waals surface area contributed by atoms with Crippen LogP contribution in [0.5, 0.6) is 0 Å². The molecule has 8 nitrogen and oxygen atoms in total. The molecule has 0 aromatic heterocycles. The van der Waals surface area contributed by atoms with Crippen molar-refractivity contribution in [3.63, 3.8) is 0 Å². The normalized spacial score (nSPS) is 13.9. The molecule has 0 aliphatic heterocycles. The monoisotopic (exact) mass is 1140 g/mol. The second-order valence-corrected chi connectivity index (χ2v) is 55.5. The van der Waals surface area contributed by atoms with Crippen LogP contribution in [0.15, 0.2) is 182 Å². The molecule has 0 spiro atoms. The summed E-state index contributed by atoms with van der Waals surface area (Å²) >= 11 is 0. The molecular formula is C58H96N4O4Si8. The van der Waals surface area contributed by atoms with E-state index in [4.69, 9.17) is 39.4 Å². The zero-order valence-corrected chi connectivity index (χ0v) is 55.9. The minimum atomic E-state index is -2.70. The zero-order valence-electron chi connectivity index (χ0n) is 47.9. The lowest BCUT2D eigenvalue weighted by molar-refractivity contribution is 0.541. The highest BCUT2D eigenvalue weighted by molar-refractivity contribution is 7.09. The fraction of sp³-hybridized carbons (Fsp3) is 0.379. The van der Waals surface area contributed by atoms with E-state index in [0.29, 0.717) is 12.3 Å². The minimum absolute atomic E-state index is 0.495. The van der Waals surface area contributed by atoms with Crippen LogP contribution in [-0.4, -0.2) is 91.2 Å². The first-order valence-electron chi connectivity index (χ1n) is 26.9. The summed E-state index contributed by atoms with van der Waals surface area (Å²) in [5, 5.41) is 7.68. The Bertz CT molecular complexity index is 2170. The third-order valence-electron chi connectivity index (χ3n) is 14.2. The topological polar surface area (TPSA) is 141 Å². The number of hydrogen-bond donors (Lipinski definition) is 4. The van der Waals surface area contributed by atoms with Gasteiger partial charge in [-0.15, -0.1) is 0 Å². The van der Waals surface area contributed by atoms with E-state index >= 15 is 0 Å². The Morgan fingerprint density at radius 3 is 0.757 bits per heavy atom. The summed E-state index contributed by atoms with van der Waals surface area (Å²) < 4.78 is 26.6. The molecule has 0 aliphatic carbocycles. The quantitative estimate of drug-likeness (QED) is 0.0494. The van der Waals surface area contributed by atoms with Crippen LogP contribution >= 0.6 is 0 Å². The van der Waals surface area contributed by atoms with Crippen LogP contribution in [-0.2, 0) is 16.5 Å². The lowest BCUT2D eigenvalue weighted by Gasteiger charge is -2.42. The molecule has 2 atom stereocenters. The standard InChI is InChI=1S/C27H29NOSi2.C17H25NOSi2.2C7H21NOSi2/c1-2-30(24-15-7-3-8-16-24,25-17-9-4-10-18-25)29-31(23-28,26-19-11-5-12-20-26)27-21-13-6-14-22-27;1-4-20(2,16-11-7-5-8-12-16)19-21(3,15-18)17-13-9-6-10-14-17;2*1-6-10(2,3)9-11(4,5)7-8/h3-22H,2,23,28H2,1H3;5-14H,4,15,18H2,1-3H3;2*6-8H2,1-5H3. The van der Waals surface area contributed by atoms with E-state index in [1.54, 1.807) is 0 Å². The highest BCUT2D eigenvalue weighted by Gasteiger charge is 2.49. The summed E-state index contributed by atoms with van der Waals surface area (Å²) in [5.74, 6) is 0. The maximum atomic E-state index is 7.62. The SMILES string of the molecule is CC[Si](C)(C)O[Si](C)(C)CN.CC[Si](C)(C)O[Si](C)(C)CN.CC[Si](C)(O[Si](C)(CN)c1ccccc1)c1ccccc1.CC[Si](O[Si](CN)(c1ccccc1)c1ccccc1)(c1ccccc1)c1ccccc1. The van der Waals surface area contributed by atoms with E-state index in [9.17, 15) is 0 Å². The molecule has 0 bridgehead atoms. The second kappa shape index (κ2) is 30.0. The third-order valence-corrected chi connectivity index (χ3v) is 46.6. The van der Waals surface area contributed by atoms with Crippen molar-refractivity contribution in [1.29, 1.82) is 0 Å². The molecule has 6 aromatic rings. The predicted molar refractivity (Wildman–Crippen MR) is 344 cm³/mol. The van der Waals surface area contributed by atoms with Crippen molar-refractivity contribution < 1.29 is 16.5 Å². The Morgan fingerprint density at radius 1 is 0.257 bits per heavy atom. The minimum Gasteiger partial charge on any atom is -0.455 e. The average Bonchev–Trinajstić information content (AvgIpc) is 3.43. The molecule has 0 radical (unpaired) electrons. The van der Waals surface area contributed by atoms with Gasteiger partial charge in [0.2, 0.25) is 25.0 Å². The van der Waals surface area contributed by atoms with Gasteiger partial charge in [0, 0.05) is 24.7 Å². The van der Waals surface area contributed by atoms with E-state index in [0.717, 1.165) is 24.4 Å². The van der Waals surface area contributed by atoms with Crippen LogP contribution in [0.3, 0.4) is 0 Å². The number of hydrogen-bond acceptors (Lipinski definition) is 8. The molecule has 0 saturated heterocycles. The number of rotatable bonds is 22. The van der Waals surface area contributed by atoms with Gasteiger partial charge in [0.1, 0.15) is 0 Å². The summed E-state index contributed by atoms with van der Waals surface area (Å²) in [6.07, 6.45) is 2.59. The van der Waals surface area contributed by atoms with Gasteiger partial charge in [-0.3, -0.25) is 0 Å². The van der Waals surface area contributed by atoms with Crippen molar-refractivity contribution in [1.82, 2.24) is 0 Å². The lowest BCUT2D eigenvalue weighted by Crippen LogP contribution is -2.75. The maximum Gasteiger partial charge on any atom is 0.259 e. The van der Waals surface area contributed by atoms with E-state index in [1.165, 1.54) is 43.2 Å². The van der Waals surface area contributed by atoms with E-state index in [2.05, 4.69) is 269 Å². The fourth-order valence-electron chi connectivity index (χ4n) is 8.81. The maximum absolute atomic E-state index is 7.62. The third kappa shape index (κ3) is 19.0.